The quantitative estimate of drug-likeness (QED) is 0.851. The molecule has 0 bridgehead atoms. The molecule has 0 aliphatic rings. The summed E-state index contributed by atoms with van der Waals surface area (Å²) in [5, 5.41) is 9.56. The minimum atomic E-state index is -0.259. The van der Waals surface area contributed by atoms with E-state index in [9.17, 15) is 9.90 Å². The molecule has 1 N–H and O–H groups in total. The van der Waals surface area contributed by atoms with Crippen molar-refractivity contribution in [1.82, 2.24) is 9.88 Å². The van der Waals surface area contributed by atoms with Crippen molar-refractivity contribution in [2.24, 2.45) is 0 Å². The van der Waals surface area contributed by atoms with Gasteiger partial charge in [-0.1, -0.05) is 6.92 Å². The number of aromatic nitrogens is 1. The lowest BCUT2D eigenvalue weighted by Gasteiger charge is -2.34. The van der Waals surface area contributed by atoms with Gasteiger partial charge in [-0.25, -0.2) is 4.98 Å². The van der Waals surface area contributed by atoms with E-state index in [1.807, 2.05) is 20.8 Å². The molecule has 0 saturated heterocycles. The van der Waals surface area contributed by atoms with E-state index in [0.717, 1.165) is 6.42 Å². The van der Waals surface area contributed by atoms with Gasteiger partial charge in [-0.3, -0.25) is 4.79 Å². The summed E-state index contributed by atoms with van der Waals surface area (Å²) < 4.78 is 0. The number of rotatable bonds is 3. The largest absolute Gasteiger partial charge is 0.505 e. The first-order valence-corrected chi connectivity index (χ1v) is 5.32. The summed E-state index contributed by atoms with van der Waals surface area (Å²) in [6, 6.07) is 3.06. The lowest BCUT2D eigenvalue weighted by molar-refractivity contribution is 0.0611. The highest BCUT2D eigenvalue weighted by molar-refractivity contribution is 5.95. The van der Waals surface area contributed by atoms with Gasteiger partial charge in [0.05, 0.1) is 0 Å². The Morgan fingerprint density at radius 3 is 2.69 bits per heavy atom. The van der Waals surface area contributed by atoms with Crippen molar-refractivity contribution < 1.29 is 9.90 Å². The number of pyridine rings is 1. The fourth-order valence-electron chi connectivity index (χ4n) is 1.23. The van der Waals surface area contributed by atoms with Crippen LogP contribution in [-0.4, -0.2) is 33.5 Å². The molecule has 4 heteroatoms. The Kier molecular flexibility index (Phi) is 3.52. The van der Waals surface area contributed by atoms with E-state index in [4.69, 9.17) is 0 Å². The molecule has 1 rings (SSSR count). The molecular weight excluding hydrogens is 204 g/mol. The van der Waals surface area contributed by atoms with Crippen LogP contribution in [-0.2, 0) is 0 Å². The van der Waals surface area contributed by atoms with Crippen molar-refractivity contribution >= 4 is 5.91 Å². The van der Waals surface area contributed by atoms with Crippen LogP contribution < -0.4 is 0 Å². The Balaban J connectivity index is 3.00. The standard InChI is InChI=1S/C12H18N2O2/c1-5-12(2,3)14(4)11(16)10-9(15)7-6-8-13-10/h6-8,15H,5H2,1-4H3. The van der Waals surface area contributed by atoms with E-state index in [-0.39, 0.29) is 22.9 Å². The highest BCUT2D eigenvalue weighted by Gasteiger charge is 2.28. The van der Waals surface area contributed by atoms with Crippen molar-refractivity contribution in [3.8, 4) is 5.75 Å². The molecule has 0 aliphatic heterocycles. The van der Waals surface area contributed by atoms with Crippen LogP contribution in [0.25, 0.3) is 0 Å². The number of hydrogen-bond acceptors (Lipinski definition) is 3. The number of carbonyl (C=O) groups is 1. The molecule has 0 saturated carbocycles. The van der Waals surface area contributed by atoms with Crippen molar-refractivity contribution in [2.75, 3.05) is 7.05 Å². The summed E-state index contributed by atoms with van der Waals surface area (Å²) in [7, 11) is 1.72. The predicted octanol–water partition coefficient (Wildman–Crippen LogP) is 2.05. The van der Waals surface area contributed by atoms with Crippen molar-refractivity contribution in [2.45, 2.75) is 32.7 Å². The second-order valence-corrected chi connectivity index (χ2v) is 4.40. The average molecular weight is 222 g/mol. The maximum absolute atomic E-state index is 12.1. The molecule has 1 aromatic rings. The van der Waals surface area contributed by atoms with Gasteiger partial charge in [0.15, 0.2) is 5.69 Å². The molecular formula is C12H18N2O2. The van der Waals surface area contributed by atoms with E-state index in [2.05, 4.69) is 4.98 Å². The summed E-state index contributed by atoms with van der Waals surface area (Å²) in [6.45, 7) is 5.97. The normalized spacial score (nSPS) is 11.2. The van der Waals surface area contributed by atoms with Gasteiger partial charge in [-0.2, -0.15) is 0 Å². The van der Waals surface area contributed by atoms with Gasteiger partial charge in [0.2, 0.25) is 0 Å². The molecule has 0 aliphatic carbocycles. The highest BCUT2D eigenvalue weighted by atomic mass is 16.3. The van der Waals surface area contributed by atoms with E-state index in [1.54, 1.807) is 18.0 Å². The molecule has 0 fully saturated rings. The van der Waals surface area contributed by atoms with E-state index in [1.165, 1.54) is 12.3 Å². The van der Waals surface area contributed by atoms with Crippen molar-refractivity contribution in [3.63, 3.8) is 0 Å². The molecule has 0 spiro atoms. The van der Waals surface area contributed by atoms with Gasteiger partial charge in [-0.05, 0) is 32.4 Å². The lowest BCUT2D eigenvalue weighted by atomic mass is 9.99. The zero-order valence-electron chi connectivity index (χ0n) is 10.2. The summed E-state index contributed by atoms with van der Waals surface area (Å²) in [4.78, 5) is 17.6. The van der Waals surface area contributed by atoms with Crippen LogP contribution in [0.15, 0.2) is 18.3 Å². The molecule has 1 aromatic heterocycles. The molecule has 16 heavy (non-hydrogen) atoms. The number of hydrogen-bond donors (Lipinski definition) is 1. The molecule has 0 aromatic carbocycles. The zero-order chi connectivity index (χ0) is 12.3. The van der Waals surface area contributed by atoms with Crippen LogP contribution in [0.1, 0.15) is 37.7 Å². The third kappa shape index (κ3) is 2.32. The number of nitrogens with zero attached hydrogens (tertiary/aromatic N) is 2. The third-order valence-electron chi connectivity index (χ3n) is 3.07. The first kappa shape index (κ1) is 12.5. The van der Waals surface area contributed by atoms with Crippen LogP contribution >= 0.6 is 0 Å². The molecule has 4 nitrogen and oxygen atoms in total. The minimum absolute atomic E-state index is 0.0775. The smallest absolute Gasteiger partial charge is 0.276 e. The average Bonchev–Trinajstić information content (AvgIpc) is 2.27. The van der Waals surface area contributed by atoms with E-state index < -0.39 is 0 Å². The lowest BCUT2D eigenvalue weighted by Crippen LogP contribution is -2.44. The van der Waals surface area contributed by atoms with Crippen LogP contribution in [0.3, 0.4) is 0 Å². The Bertz CT molecular complexity index is 388. The molecule has 0 radical (unpaired) electrons. The molecule has 1 heterocycles. The van der Waals surface area contributed by atoms with Gasteiger partial charge < -0.3 is 10.0 Å². The van der Waals surface area contributed by atoms with Gasteiger partial charge in [0.1, 0.15) is 5.75 Å². The SMILES string of the molecule is CCC(C)(C)N(C)C(=O)c1ncccc1O. The van der Waals surface area contributed by atoms with Crippen LogP contribution in [0.5, 0.6) is 5.75 Å². The summed E-state index contributed by atoms with van der Waals surface area (Å²) in [5.74, 6) is -0.337. The Morgan fingerprint density at radius 2 is 2.19 bits per heavy atom. The van der Waals surface area contributed by atoms with Crippen LogP contribution in [0.2, 0.25) is 0 Å². The van der Waals surface area contributed by atoms with Gasteiger partial charge in [0, 0.05) is 18.8 Å². The summed E-state index contributed by atoms with van der Waals surface area (Å²) in [6.07, 6.45) is 2.34. The predicted molar refractivity (Wildman–Crippen MR) is 62.4 cm³/mol. The second kappa shape index (κ2) is 4.51. The number of carbonyl (C=O) groups excluding carboxylic acids is 1. The van der Waals surface area contributed by atoms with Gasteiger partial charge in [0.25, 0.3) is 5.91 Å². The van der Waals surface area contributed by atoms with Crippen molar-refractivity contribution in [3.05, 3.63) is 24.0 Å². The highest BCUT2D eigenvalue weighted by Crippen LogP contribution is 2.21. The fraction of sp³-hybridized carbons (Fsp3) is 0.500. The Labute approximate surface area is 95.9 Å². The number of amides is 1. The number of aromatic hydroxyl groups is 1. The fourth-order valence-corrected chi connectivity index (χ4v) is 1.23. The minimum Gasteiger partial charge on any atom is -0.505 e. The Morgan fingerprint density at radius 1 is 1.56 bits per heavy atom. The summed E-state index contributed by atoms with van der Waals surface area (Å²) >= 11 is 0. The van der Waals surface area contributed by atoms with Gasteiger partial charge >= 0.3 is 0 Å². The van der Waals surface area contributed by atoms with E-state index in [0.29, 0.717) is 0 Å². The maximum Gasteiger partial charge on any atom is 0.276 e. The molecule has 1 amide bonds. The second-order valence-electron chi connectivity index (χ2n) is 4.40. The zero-order valence-corrected chi connectivity index (χ0v) is 10.2. The van der Waals surface area contributed by atoms with Crippen LogP contribution in [0, 0.1) is 0 Å². The molecule has 88 valence electrons. The van der Waals surface area contributed by atoms with E-state index >= 15 is 0 Å². The Hall–Kier alpha value is -1.58. The first-order chi connectivity index (χ1) is 7.40. The monoisotopic (exact) mass is 222 g/mol. The maximum atomic E-state index is 12.1. The molecule has 0 unspecified atom stereocenters. The summed E-state index contributed by atoms with van der Waals surface area (Å²) in [5.41, 5.74) is -0.146. The van der Waals surface area contributed by atoms with Gasteiger partial charge in [-0.15, -0.1) is 0 Å². The van der Waals surface area contributed by atoms with Crippen LogP contribution in [0.4, 0.5) is 0 Å². The first-order valence-electron chi connectivity index (χ1n) is 5.32. The third-order valence-corrected chi connectivity index (χ3v) is 3.07. The van der Waals surface area contributed by atoms with Crippen molar-refractivity contribution in [1.29, 1.82) is 0 Å². The molecule has 0 atom stereocenters. The topological polar surface area (TPSA) is 53.4 Å².